The molecule has 2 rings (SSSR count). The molecule has 1 aromatic carbocycles. The molecular formula is C14H16ClN3O3. The SMILES string of the molecule is CCOC(=O)CCn1cc(Cl)c2cc(C(N)=NO)ccc21. The summed E-state index contributed by atoms with van der Waals surface area (Å²) in [5.41, 5.74) is 7.02. The van der Waals surface area contributed by atoms with Crippen molar-refractivity contribution in [1.82, 2.24) is 4.57 Å². The summed E-state index contributed by atoms with van der Waals surface area (Å²) in [6.45, 7) is 2.62. The molecule has 3 N–H and O–H groups in total. The lowest BCUT2D eigenvalue weighted by Gasteiger charge is -2.06. The van der Waals surface area contributed by atoms with Crippen molar-refractivity contribution in [3.05, 3.63) is 35.0 Å². The molecule has 0 aliphatic carbocycles. The number of hydrogen-bond acceptors (Lipinski definition) is 4. The van der Waals surface area contributed by atoms with Crippen molar-refractivity contribution < 1.29 is 14.7 Å². The summed E-state index contributed by atoms with van der Waals surface area (Å²) < 4.78 is 6.78. The van der Waals surface area contributed by atoms with Gasteiger partial charge in [-0.25, -0.2) is 0 Å². The number of hydrogen-bond donors (Lipinski definition) is 2. The molecular weight excluding hydrogens is 294 g/mol. The van der Waals surface area contributed by atoms with Crippen LogP contribution in [-0.4, -0.2) is 28.2 Å². The van der Waals surface area contributed by atoms with E-state index in [0.29, 0.717) is 23.7 Å². The summed E-state index contributed by atoms with van der Waals surface area (Å²) in [5.74, 6) is -0.226. The molecule has 0 spiro atoms. The van der Waals surface area contributed by atoms with Crippen molar-refractivity contribution in [3.8, 4) is 0 Å². The third-order valence-electron chi connectivity index (χ3n) is 3.10. The van der Waals surface area contributed by atoms with E-state index in [0.717, 1.165) is 10.9 Å². The van der Waals surface area contributed by atoms with E-state index < -0.39 is 0 Å². The molecule has 21 heavy (non-hydrogen) atoms. The fourth-order valence-electron chi connectivity index (χ4n) is 2.10. The second-order valence-corrected chi connectivity index (χ2v) is 4.85. The number of benzene rings is 1. The second kappa shape index (κ2) is 6.49. The zero-order valence-electron chi connectivity index (χ0n) is 11.5. The molecule has 0 amide bonds. The van der Waals surface area contributed by atoms with Gasteiger partial charge in [-0.15, -0.1) is 0 Å². The van der Waals surface area contributed by atoms with Gasteiger partial charge in [-0.3, -0.25) is 4.79 Å². The van der Waals surface area contributed by atoms with E-state index in [9.17, 15) is 4.79 Å². The summed E-state index contributed by atoms with van der Waals surface area (Å²) in [6.07, 6.45) is 2.03. The quantitative estimate of drug-likeness (QED) is 0.292. The molecule has 112 valence electrons. The molecule has 0 aliphatic rings. The molecule has 1 heterocycles. The van der Waals surface area contributed by atoms with Crippen molar-refractivity contribution in [1.29, 1.82) is 0 Å². The van der Waals surface area contributed by atoms with Gasteiger partial charge < -0.3 is 20.2 Å². The van der Waals surface area contributed by atoms with E-state index in [1.807, 2.05) is 10.6 Å². The molecule has 2 aromatic rings. The molecule has 0 unspecified atom stereocenters. The van der Waals surface area contributed by atoms with E-state index >= 15 is 0 Å². The van der Waals surface area contributed by atoms with Gasteiger partial charge >= 0.3 is 5.97 Å². The van der Waals surface area contributed by atoms with Crippen LogP contribution in [-0.2, 0) is 16.1 Å². The van der Waals surface area contributed by atoms with Crippen LogP contribution < -0.4 is 5.73 Å². The maximum atomic E-state index is 11.4. The standard InChI is InChI=1S/C14H16ClN3O3/c1-2-21-13(19)5-6-18-8-11(15)10-7-9(14(16)17-20)3-4-12(10)18/h3-4,7-8,20H,2,5-6H2,1H3,(H2,16,17). The smallest absolute Gasteiger partial charge is 0.307 e. The first-order chi connectivity index (χ1) is 10.1. The average molecular weight is 310 g/mol. The molecule has 0 bridgehead atoms. The maximum Gasteiger partial charge on any atom is 0.307 e. The predicted molar refractivity (Wildman–Crippen MR) is 80.7 cm³/mol. The first kappa shape index (κ1) is 15.2. The number of fused-ring (bicyclic) bond motifs is 1. The van der Waals surface area contributed by atoms with Crippen molar-refractivity contribution in [2.45, 2.75) is 19.9 Å². The molecule has 1 aromatic heterocycles. The van der Waals surface area contributed by atoms with Crippen LogP contribution in [0.5, 0.6) is 0 Å². The fourth-order valence-corrected chi connectivity index (χ4v) is 2.37. The normalized spacial score (nSPS) is 11.8. The number of halogens is 1. The van der Waals surface area contributed by atoms with Crippen LogP contribution in [0.15, 0.2) is 29.6 Å². The Morgan fingerprint density at radius 2 is 2.29 bits per heavy atom. The number of nitrogens with zero attached hydrogens (tertiary/aromatic N) is 2. The van der Waals surface area contributed by atoms with Crippen LogP contribution in [0.4, 0.5) is 0 Å². The van der Waals surface area contributed by atoms with Gasteiger partial charge in [0.15, 0.2) is 5.84 Å². The van der Waals surface area contributed by atoms with E-state index in [1.165, 1.54) is 0 Å². The predicted octanol–water partition coefficient (Wildman–Crippen LogP) is 2.34. The number of aryl methyl sites for hydroxylation is 1. The first-order valence-corrected chi connectivity index (χ1v) is 6.86. The minimum Gasteiger partial charge on any atom is -0.466 e. The van der Waals surface area contributed by atoms with Gasteiger partial charge in [0.1, 0.15) is 0 Å². The number of oxime groups is 1. The summed E-state index contributed by atoms with van der Waals surface area (Å²) in [5, 5.41) is 13.0. The lowest BCUT2D eigenvalue weighted by atomic mass is 10.1. The van der Waals surface area contributed by atoms with Gasteiger partial charge in [-0.1, -0.05) is 16.8 Å². The third kappa shape index (κ3) is 3.28. The Kier molecular flexibility index (Phi) is 4.70. The van der Waals surface area contributed by atoms with Gasteiger partial charge in [0.2, 0.25) is 0 Å². The lowest BCUT2D eigenvalue weighted by molar-refractivity contribution is -0.143. The zero-order valence-corrected chi connectivity index (χ0v) is 12.3. The molecule has 0 aliphatic heterocycles. The number of nitrogens with two attached hydrogens (primary N) is 1. The van der Waals surface area contributed by atoms with Crippen LogP contribution in [0.3, 0.4) is 0 Å². The van der Waals surface area contributed by atoms with E-state index in [-0.39, 0.29) is 18.2 Å². The van der Waals surface area contributed by atoms with E-state index in [1.54, 1.807) is 25.3 Å². The molecule has 6 nitrogen and oxygen atoms in total. The van der Waals surface area contributed by atoms with E-state index in [2.05, 4.69) is 5.16 Å². The van der Waals surface area contributed by atoms with Gasteiger partial charge in [-0.05, 0) is 25.1 Å². The third-order valence-corrected chi connectivity index (χ3v) is 3.40. The van der Waals surface area contributed by atoms with Crippen LogP contribution in [0.25, 0.3) is 10.9 Å². The lowest BCUT2D eigenvalue weighted by Crippen LogP contribution is -2.12. The van der Waals surface area contributed by atoms with Gasteiger partial charge in [-0.2, -0.15) is 0 Å². The second-order valence-electron chi connectivity index (χ2n) is 4.44. The average Bonchev–Trinajstić information content (AvgIpc) is 2.80. The van der Waals surface area contributed by atoms with Crippen LogP contribution in [0, 0.1) is 0 Å². The number of carbonyl (C=O) groups excluding carboxylic acids is 1. The molecule has 0 atom stereocenters. The first-order valence-electron chi connectivity index (χ1n) is 6.48. The van der Waals surface area contributed by atoms with Gasteiger partial charge in [0.25, 0.3) is 0 Å². The Morgan fingerprint density at radius 1 is 1.52 bits per heavy atom. The van der Waals surface area contributed by atoms with E-state index in [4.69, 9.17) is 27.3 Å². The van der Waals surface area contributed by atoms with Crippen molar-refractivity contribution in [3.63, 3.8) is 0 Å². The summed E-state index contributed by atoms with van der Waals surface area (Å²) in [4.78, 5) is 11.4. The van der Waals surface area contributed by atoms with Crippen LogP contribution >= 0.6 is 11.6 Å². The van der Waals surface area contributed by atoms with Crippen molar-refractivity contribution >= 4 is 34.3 Å². The Hall–Kier alpha value is -2.21. The Balaban J connectivity index is 2.29. The molecule has 0 saturated heterocycles. The fraction of sp³-hybridized carbons (Fsp3) is 0.286. The van der Waals surface area contributed by atoms with Crippen molar-refractivity contribution in [2.24, 2.45) is 10.9 Å². The minimum absolute atomic E-state index is 0.0206. The molecule has 0 radical (unpaired) electrons. The summed E-state index contributed by atoms with van der Waals surface area (Å²) >= 11 is 6.19. The number of amidine groups is 1. The highest BCUT2D eigenvalue weighted by atomic mass is 35.5. The highest BCUT2D eigenvalue weighted by molar-refractivity contribution is 6.35. The zero-order chi connectivity index (χ0) is 15.4. The van der Waals surface area contributed by atoms with Gasteiger partial charge in [0, 0.05) is 29.2 Å². The largest absolute Gasteiger partial charge is 0.466 e. The van der Waals surface area contributed by atoms with Crippen LogP contribution in [0.1, 0.15) is 18.9 Å². The number of aromatic nitrogens is 1. The number of rotatable bonds is 5. The monoisotopic (exact) mass is 309 g/mol. The van der Waals surface area contributed by atoms with Crippen LogP contribution in [0.2, 0.25) is 5.02 Å². The highest BCUT2D eigenvalue weighted by Gasteiger charge is 2.11. The maximum absolute atomic E-state index is 11.4. The number of carbonyl (C=O) groups is 1. The Labute approximate surface area is 126 Å². The molecule has 0 saturated carbocycles. The Bertz CT molecular complexity index is 694. The topological polar surface area (TPSA) is 89.8 Å². The number of esters is 1. The summed E-state index contributed by atoms with van der Waals surface area (Å²) in [6, 6.07) is 5.29. The highest BCUT2D eigenvalue weighted by Crippen LogP contribution is 2.27. The molecule has 0 fully saturated rings. The Morgan fingerprint density at radius 3 is 2.95 bits per heavy atom. The molecule has 7 heteroatoms. The van der Waals surface area contributed by atoms with Crippen molar-refractivity contribution in [2.75, 3.05) is 6.61 Å². The number of ether oxygens (including phenoxy) is 1. The van der Waals surface area contributed by atoms with Gasteiger partial charge in [0.05, 0.1) is 18.1 Å². The minimum atomic E-state index is -0.247. The summed E-state index contributed by atoms with van der Waals surface area (Å²) in [7, 11) is 0.